The van der Waals surface area contributed by atoms with E-state index >= 15 is 0 Å². The molecule has 36 heavy (non-hydrogen) atoms. The van der Waals surface area contributed by atoms with Gasteiger partial charge < -0.3 is 4.42 Å². The number of sulfone groups is 1. The summed E-state index contributed by atoms with van der Waals surface area (Å²) < 4.78 is 73.6. The third-order valence-corrected chi connectivity index (χ3v) is 7.72. The van der Waals surface area contributed by atoms with E-state index in [1.807, 2.05) is 0 Å². The zero-order chi connectivity index (χ0) is 26.0. The molecule has 7 nitrogen and oxygen atoms in total. The highest BCUT2D eigenvalue weighted by molar-refractivity contribution is 7.91. The monoisotopic (exact) mass is 576 g/mol. The second kappa shape index (κ2) is 8.47. The fourth-order valence-corrected chi connectivity index (χ4v) is 5.49. The van der Waals surface area contributed by atoms with Gasteiger partial charge in [-0.2, -0.15) is 18.3 Å². The molecule has 14 heteroatoms. The van der Waals surface area contributed by atoms with Crippen LogP contribution in [0.3, 0.4) is 0 Å². The Labute approximate surface area is 217 Å². The van der Waals surface area contributed by atoms with E-state index in [0.717, 1.165) is 6.26 Å². The lowest BCUT2D eigenvalue weighted by Crippen LogP contribution is -2.28. The van der Waals surface area contributed by atoms with Crippen molar-refractivity contribution in [2.24, 2.45) is 0 Å². The maximum Gasteiger partial charge on any atom is 0.403 e. The van der Waals surface area contributed by atoms with Crippen LogP contribution in [0.2, 0.25) is 15.1 Å². The molecule has 1 saturated carbocycles. The van der Waals surface area contributed by atoms with Gasteiger partial charge >= 0.3 is 6.18 Å². The fraction of sp³-hybridized carbons (Fsp3) is 0.227. The van der Waals surface area contributed by atoms with E-state index < -0.39 is 33.2 Å². The molecule has 188 valence electrons. The predicted octanol–water partition coefficient (Wildman–Crippen LogP) is 6.55. The highest BCUT2D eigenvalue weighted by Crippen LogP contribution is 2.58. The van der Waals surface area contributed by atoms with Crippen molar-refractivity contribution in [2.45, 2.75) is 29.3 Å². The van der Waals surface area contributed by atoms with Crippen molar-refractivity contribution < 1.29 is 26.0 Å². The standard InChI is InChI=1S/C22H14Cl3F3N4O3S/c1-36(33,34)18-16(19-29-30-20(35-19)21(8-9-21)22(26,27)28)31-32(15-7-6-13(24)10-14(15)25)17(18)11-2-4-12(23)5-3-11/h2-7,10H,8-9H2,1H3. The number of hydrogen-bond donors (Lipinski definition) is 0. The van der Waals surface area contributed by atoms with E-state index in [0.29, 0.717) is 15.6 Å². The molecule has 0 spiro atoms. The average Bonchev–Trinajstić information content (AvgIpc) is 3.29. The number of benzene rings is 2. The first kappa shape index (κ1) is 25.1. The van der Waals surface area contributed by atoms with Gasteiger partial charge in [-0.05, 0) is 43.2 Å². The minimum atomic E-state index is -4.60. The SMILES string of the molecule is CS(=O)(=O)c1c(-c2nnc(C3(C(F)(F)F)CC3)o2)nn(-c2ccc(Cl)cc2Cl)c1-c1ccc(Cl)cc1. The van der Waals surface area contributed by atoms with Gasteiger partial charge in [0, 0.05) is 21.9 Å². The number of nitrogens with zero attached hydrogens (tertiary/aromatic N) is 4. The molecule has 1 fully saturated rings. The number of rotatable bonds is 5. The van der Waals surface area contributed by atoms with E-state index in [4.69, 9.17) is 39.2 Å². The van der Waals surface area contributed by atoms with Crippen molar-refractivity contribution in [3.8, 4) is 28.5 Å². The third kappa shape index (κ3) is 4.17. The largest absolute Gasteiger partial charge is 0.418 e. The van der Waals surface area contributed by atoms with Crippen LogP contribution in [0, 0.1) is 0 Å². The van der Waals surface area contributed by atoms with Crippen LogP contribution in [-0.4, -0.2) is 40.8 Å². The highest BCUT2D eigenvalue weighted by atomic mass is 35.5. The minimum Gasteiger partial charge on any atom is -0.418 e. The number of alkyl halides is 3. The third-order valence-electron chi connectivity index (χ3n) is 5.80. The van der Waals surface area contributed by atoms with Gasteiger partial charge in [-0.1, -0.05) is 46.9 Å². The van der Waals surface area contributed by atoms with E-state index in [1.54, 1.807) is 24.3 Å². The van der Waals surface area contributed by atoms with E-state index in [9.17, 15) is 21.6 Å². The average molecular weight is 578 g/mol. The lowest BCUT2D eigenvalue weighted by molar-refractivity contribution is -0.165. The topological polar surface area (TPSA) is 90.9 Å². The van der Waals surface area contributed by atoms with Crippen LogP contribution in [0.5, 0.6) is 0 Å². The second-order valence-corrected chi connectivity index (χ2v) is 11.5. The van der Waals surface area contributed by atoms with Gasteiger partial charge in [0.15, 0.2) is 15.5 Å². The fourth-order valence-electron chi connectivity index (χ4n) is 3.84. The first-order valence-electron chi connectivity index (χ1n) is 10.3. The van der Waals surface area contributed by atoms with Gasteiger partial charge in [-0.15, -0.1) is 10.2 Å². The van der Waals surface area contributed by atoms with Crippen LogP contribution in [0.25, 0.3) is 28.5 Å². The summed E-state index contributed by atoms with van der Waals surface area (Å²) in [6.45, 7) is 0. The number of halogens is 6. The summed E-state index contributed by atoms with van der Waals surface area (Å²) in [5.74, 6) is -1.11. The molecule has 0 aliphatic heterocycles. The Bertz CT molecular complexity index is 1590. The molecule has 1 aliphatic carbocycles. The van der Waals surface area contributed by atoms with Crippen LogP contribution in [0.4, 0.5) is 13.2 Å². The lowest BCUT2D eigenvalue weighted by atomic mass is 10.1. The molecule has 2 aromatic heterocycles. The van der Waals surface area contributed by atoms with Gasteiger partial charge in [0.2, 0.25) is 5.89 Å². The van der Waals surface area contributed by atoms with Crippen LogP contribution in [0.1, 0.15) is 18.7 Å². The Morgan fingerprint density at radius 3 is 2.19 bits per heavy atom. The van der Waals surface area contributed by atoms with E-state index in [2.05, 4.69) is 15.3 Å². The van der Waals surface area contributed by atoms with E-state index in [-0.39, 0.29) is 39.8 Å². The minimum absolute atomic E-state index is 0.0742. The van der Waals surface area contributed by atoms with Crippen LogP contribution < -0.4 is 0 Å². The molecule has 0 amide bonds. The Balaban J connectivity index is 1.80. The van der Waals surface area contributed by atoms with Crippen LogP contribution >= 0.6 is 34.8 Å². The maximum atomic E-state index is 13.6. The molecule has 0 saturated heterocycles. The number of hydrogen-bond acceptors (Lipinski definition) is 6. The first-order chi connectivity index (χ1) is 16.8. The van der Waals surface area contributed by atoms with Gasteiger partial charge in [0.05, 0.1) is 16.4 Å². The summed E-state index contributed by atoms with van der Waals surface area (Å²) in [5, 5.41) is 12.6. The van der Waals surface area contributed by atoms with Gasteiger partial charge in [-0.25, -0.2) is 13.1 Å². The van der Waals surface area contributed by atoms with E-state index in [1.165, 1.54) is 22.9 Å². The molecule has 0 N–H and O–H groups in total. The normalized spacial score (nSPS) is 15.3. The zero-order valence-electron chi connectivity index (χ0n) is 18.1. The molecule has 0 bridgehead atoms. The molecular weight excluding hydrogens is 564 g/mol. The Morgan fingerprint density at radius 1 is 1.00 bits per heavy atom. The molecule has 0 unspecified atom stereocenters. The molecule has 2 aromatic carbocycles. The van der Waals surface area contributed by atoms with Crippen molar-refractivity contribution in [3.05, 3.63) is 63.4 Å². The molecular formula is C22H14Cl3F3N4O3S. The van der Waals surface area contributed by atoms with Crippen LogP contribution in [0.15, 0.2) is 51.8 Å². The Kier molecular flexibility index (Phi) is 5.90. The van der Waals surface area contributed by atoms with Crippen molar-refractivity contribution in [2.75, 3.05) is 6.26 Å². The summed E-state index contributed by atoms with van der Waals surface area (Å²) in [5.41, 5.74) is -1.84. The van der Waals surface area contributed by atoms with Crippen molar-refractivity contribution in [1.82, 2.24) is 20.0 Å². The molecule has 0 atom stereocenters. The summed E-state index contributed by atoms with van der Waals surface area (Å²) in [7, 11) is -4.05. The van der Waals surface area contributed by atoms with Gasteiger partial charge in [0.25, 0.3) is 5.89 Å². The summed E-state index contributed by atoms with van der Waals surface area (Å²) in [6, 6.07) is 10.7. The molecule has 0 radical (unpaired) electrons. The molecule has 2 heterocycles. The maximum absolute atomic E-state index is 13.6. The van der Waals surface area contributed by atoms with Crippen molar-refractivity contribution in [3.63, 3.8) is 0 Å². The molecule has 4 aromatic rings. The summed E-state index contributed by atoms with van der Waals surface area (Å²) in [4.78, 5) is -0.331. The second-order valence-electron chi connectivity index (χ2n) is 8.31. The van der Waals surface area contributed by atoms with Gasteiger partial charge in [0.1, 0.15) is 10.3 Å². The van der Waals surface area contributed by atoms with Crippen molar-refractivity contribution in [1.29, 1.82) is 0 Å². The summed E-state index contributed by atoms with van der Waals surface area (Å²) in [6.07, 6.45) is -4.07. The quantitative estimate of drug-likeness (QED) is 0.267. The Morgan fingerprint density at radius 2 is 1.64 bits per heavy atom. The van der Waals surface area contributed by atoms with Crippen molar-refractivity contribution >= 4 is 44.6 Å². The number of aromatic nitrogens is 4. The van der Waals surface area contributed by atoms with Crippen LogP contribution in [-0.2, 0) is 15.3 Å². The zero-order valence-corrected chi connectivity index (χ0v) is 21.2. The van der Waals surface area contributed by atoms with Gasteiger partial charge in [-0.3, -0.25) is 0 Å². The Hall–Kier alpha value is -2.60. The smallest absolute Gasteiger partial charge is 0.403 e. The molecule has 1 aliphatic rings. The molecule has 5 rings (SSSR count). The lowest BCUT2D eigenvalue weighted by Gasteiger charge is -2.14. The predicted molar refractivity (Wildman–Crippen MR) is 127 cm³/mol. The summed E-state index contributed by atoms with van der Waals surface area (Å²) >= 11 is 18.4. The highest BCUT2D eigenvalue weighted by Gasteiger charge is 2.68. The first-order valence-corrected chi connectivity index (χ1v) is 13.3.